The first kappa shape index (κ1) is 21.6. The largest absolute Gasteiger partial charge is 0.0730 e. The van der Waals surface area contributed by atoms with E-state index < -0.39 is 7.92 Å². The fourth-order valence-corrected chi connectivity index (χ4v) is 9.15. The average molecular weight is 459 g/mol. The molecule has 0 aliphatic rings. The third-order valence-electron chi connectivity index (χ3n) is 6.28. The van der Waals surface area contributed by atoms with Crippen molar-refractivity contribution in [3.05, 3.63) is 162 Å². The molecule has 0 N–H and O–H groups in total. The van der Waals surface area contributed by atoms with Crippen LogP contribution in [0.25, 0.3) is 0 Å². The van der Waals surface area contributed by atoms with E-state index in [4.69, 9.17) is 0 Å². The van der Waals surface area contributed by atoms with Crippen molar-refractivity contribution in [2.75, 3.05) is 0 Å². The molecule has 0 amide bonds. The van der Waals surface area contributed by atoms with Gasteiger partial charge in [-0.1, -0.05) is 151 Å². The molecule has 0 radical (unpaired) electrons. The molecule has 0 aliphatic carbocycles. The highest BCUT2D eigenvalue weighted by Crippen LogP contribution is 2.61. The third-order valence-corrected chi connectivity index (χ3v) is 10.2. The summed E-state index contributed by atoms with van der Waals surface area (Å²) in [6.07, 6.45) is 0. The topological polar surface area (TPSA) is 0 Å². The Bertz CT molecular complexity index is 1220. The van der Waals surface area contributed by atoms with Crippen LogP contribution >= 0.6 is 7.92 Å². The van der Waals surface area contributed by atoms with E-state index in [1.165, 1.54) is 32.5 Å². The van der Waals surface area contributed by atoms with Gasteiger partial charge in [0, 0.05) is 10.2 Å². The fourth-order valence-electron chi connectivity index (χ4n) is 4.88. The van der Waals surface area contributed by atoms with Gasteiger partial charge < -0.3 is 0 Å². The molecule has 0 aromatic heterocycles. The van der Waals surface area contributed by atoms with Crippen LogP contribution in [0.1, 0.15) is 16.7 Å². The molecule has 0 unspecified atom stereocenters. The van der Waals surface area contributed by atoms with Crippen LogP contribution < -0.4 is 15.8 Å². The second kappa shape index (κ2) is 9.71. The van der Waals surface area contributed by atoms with E-state index in [0.29, 0.717) is 0 Å². The molecule has 0 saturated heterocycles. The van der Waals surface area contributed by atoms with Crippen LogP contribution in [0.3, 0.4) is 0 Å². The zero-order valence-electron chi connectivity index (χ0n) is 18.8. The summed E-state index contributed by atoms with van der Waals surface area (Å²) in [5.74, 6) is 0. The Morgan fingerprint density at radius 1 is 0.424 bits per heavy atom. The molecule has 0 heterocycles. The Balaban J connectivity index is 1.97. The van der Waals surface area contributed by atoms with Crippen molar-refractivity contribution in [2.45, 2.75) is 5.16 Å². The summed E-state index contributed by atoms with van der Waals surface area (Å²) in [7, 11) is 0.168. The van der Waals surface area contributed by atoms with Gasteiger partial charge in [-0.05, 0) is 35.2 Å². The monoisotopic (exact) mass is 458 g/mol. The quantitative estimate of drug-likeness (QED) is 0.189. The van der Waals surface area contributed by atoms with E-state index in [-0.39, 0.29) is 5.16 Å². The number of hydrogen-bond acceptors (Lipinski definition) is 0. The second-order valence-electron chi connectivity index (χ2n) is 8.26. The minimum Gasteiger partial charge on any atom is -0.0660 e. The second-order valence-corrected chi connectivity index (χ2v) is 11.7. The third kappa shape index (κ3) is 4.00. The van der Waals surface area contributed by atoms with Gasteiger partial charge in [-0.3, -0.25) is 0 Å². The van der Waals surface area contributed by atoms with Gasteiger partial charge in [0.05, 0.1) is 5.16 Å². The zero-order chi connectivity index (χ0) is 22.5. The fraction of sp³-hybridized carbons (Fsp3) is 0.0323. The van der Waals surface area contributed by atoms with Crippen LogP contribution in [0.5, 0.6) is 0 Å². The van der Waals surface area contributed by atoms with Gasteiger partial charge >= 0.3 is 0 Å². The van der Waals surface area contributed by atoms with Crippen LogP contribution in [-0.4, -0.2) is 10.2 Å². The first-order valence-corrected chi connectivity index (χ1v) is 13.7. The van der Waals surface area contributed by atoms with E-state index in [1.54, 1.807) is 0 Å². The van der Waals surface area contributed by atoms with Crippen molar-refractivity contribution in [3.63, 3.8) is 0 Å². The Kier molecular flexibility index (Phi) is 6.35. The summed E-state index contributed by atoms with van der Waals surface area (Å²) in [5.41, 5.74) is 4.12. The lowest BCUT2D eigenvalue weighted by molar-refractivity contribution is 0.892. The lowest BCUT2D eigenvalue weighted by atomic mass is 9.84. The Labute approximate surface area is 201 Å². The highest BCUT2D eigenvalue weighted by molar-refractivity contribution is 7.74. The first-order chi connectivity index (χ1) is 16.3. The van der Waals surface area contributed by atoms with Crippen LogP contribution in [0.4, 0.5) is 0 Å². The van der Waals surface area contributed by atoms with Crippen molar-refractivity contribution in [1.29, 1.82) is 0 Å². The van der Waals surface area contributed by atoms with Gasteiger partial charge in [-0.2, -0.15) is 0 Å². The molecule has 0 saturated carbocycles. The van der Waals surface area contributed by atoms with Crippen molar-refractivity contribution in [2.24, 2.45) is 0 Å². The van der Waals surface area contributed by atoms with Gasteiger partial charge in [0.25, 0.3) is 0 Å². The standard InChI is InChI=1S/C31H27PSi/c33-30-24-14-13-23-29(30)31(25-15-5-1-6-16-25,26-17-7-2-8-18-26)32(27-19-9-3-10-20-27)28-21-11-4-12-22-28/h1-24H,33H3. The maximum atomic E-state index is 2.36. The van der Waals surface area contributed by atoms with Crippen LogP contribution in [0.2, 0.25) is 0 Å². The Morgan fingerprint density at radius 3 is 1.21 bits per heavy atom. The number of benzene rings is 5. The van der Waals surface area contributed by atoms with Crippen molar-refractivity contribution in [3.8, 4) is 0 Å². The van der Waals surface area contributed by atoms with E-state index in [2.05, 4.69) is 146 Å². The smallest absolute Gasteiger partial charge is 0.0660 e. The summed E-state index contributed by atoms with van der Waals surface area (Å²) >= 11 is 0. The molecule has 0 spiro atoms. The zero-order valence-corrected chi connectivity index (χ0v) is 21.7. The summed E-state index contributed by atoms with van der Waals surface area (Å²) in [5, 5.41) is 3.91. The van der Waals surface area contributed by atoms with E-state index in [1.807, 2.05) is 0 Å². The summed E-state index contributed by atoms with van der Waals surface area (Å²) in [4.78, 5) is 0. The van der Waals surface area contributed by atoms with E-state index in [9.17, 15) is 0 Å². The summed E-state index contributed by atoms with van der Waals surface area (Å²) in [6, 6.07) is 53.6. The lowest BCUT2D eigenvalue weighted by Crippen LogP contribution is -2.39. The molecule has 0 nitrogen and oxygen atoms in total. The normalized spacial score (nSPS) is 11.5. The molecule has 5 rings (SSSR count). The molecule has 33 heavy (non-hydrogen) atoms. The van der Waals surface area contributed by atoms with Gasteiger partial charge in [0.1, 0.15) is 0 Å². The van der Waals surface area contributed by atoms with Crippen molar-refractivity contribution >= 4 is 34.0 Å². The summed E-state index contributed by atoms with van der Waals surface area (Å²) in [6.45, 7) is 0. The van der Waals surface area contributed by atoms with Crippen LogP contribution in [0.15, 0.2) is 146 Å². The van der Waals surface area contributed by atoms with Gasteiger partial charge in [-0.25, -0.2) is 0 Å². The van der Waals surface area contributed by atoms with Crippen LogP contribution in [0, 0.1) is 0 Å². The van der Waals surface area contributed by atoms with E-state index in [0.717, 1.165) is 10.2 Å². The van der Waals surface area contributed by atoms with Crippen molar-refractivity contribution < 1.29 is 0 Å². The molecule has 0 bridgehead atoms. The molecular weight excluding hydrogens is 431 g/mol. The van der Waals surface area contributed by atoms with Gasteiger partial charge in [-0.15, -0.1) is 0 Å². The molecule has 5 aromatic rings. The first-order valence-electron chi connectivity index (χ1n) is 11.4. The van der Waals surface area contributed by atoms with Gasteiger partial charge in [0.15, 0.2) is 0 Å². The van der Waals surface area contributed by atoms with E-state index >= 15 is 0 Å². The summed E-state index contributed by atoms with van der Waals surface area (Å²) < 4.78 is 0. The molecule has 2 heteroatoms. The molecule has 160 valence electrons. The predicted molar refractivity (Wildman–Crippen MR) is 148 cm³/mol. The van der Waals surface area contributed by atoms with Gasteiger partial charge in [0.2, 0.25) is 0 Å². The molecule has 0 fully saturated rings. The average Bonchev–Trinajstić information content (AvgIpc) is 2.90. The minimum absolute atomic E-state index is 0.307. The minimum atomic E-state index is -0.821. The number of rotatable bonds is 6. The maximum Gasteiger partial charge on any atom is 0.0730 e. The molecular formula is C31H27PSi. The lowest BCUT2D eigenvalue weighted by Gasteiger charge is -2.44. The Morgan fingerprint density at radius 2 is 0.788 bits per heavy atom. The van der Waals surface area contributed by atoms with Crippen molar-refractivity contribution in [1.82, 2.24) is 0 Å². The Hall–Kier alpha value is -3.25. The number of hydrogen-bond donors (Lipinski definition) is 0. The molecule has 5 aromatic carbocycles. The van der Waals surface area contributed by atoms with Crippen LogP contribution in [-0.2, 0) is 5.16 Å². The molecule has 0 aliphatic heterocycles. The highest BCUT2D eigenvalue weighted by atomic mass is 31.1. The highest BCUT2D eigenvalue weighted by Gasteiger charge is 2.45. The SMILES string of the molecule is [SiH3]c1ccccc1C(c1ccccc1)(c1ccccc1)P(c1ccccc1)c1ccccc1. The predicted octanol–water partition coefficient (Wildman–Crippen LogP) is 5.10. The maximum absolute atomic E-state index is 2.36. The molecule has 0 atom stereocenters.